The number of carboxylic acid groups (broad SMARTS) is 1. The molecule has 0 spiro atoms. The van der Waals surface area contributed by atoms with Crippen LogP contribution in [-0.2, 0) is 4.79 Å². The third-order valence-corrected chi connectivity index (χ3v) is 4.76. The fraction of sp³-hybridized carbons (Fsp3) is 0.385. The van der Waals surface area contributed by atoms with E-state index >= 15 is 0 Å². The zero-order valence-electron chi connectivity index (χ0n) is 10.7. The molecule has 0 radical (unpaired) electrons. The van der Waals surface area contributed by atoms with Gasteiger partial charge in [0, 0.05) is 34.3 Å². The Balaban J connectivity index is 2.36. The van der Waals surface area contributed by atoms with E-state index in [0.717, 1.165) is 16.0 Å². The lowest BCUT2D eigenvalue weighted by Crippen LogP contribution is -2.44. The number of halogens is 1. The number of hydrogen-bond acceptors (Lipinski definition) is 4. The van der Waals surface area contributed by atoms with E-state index in [0.29, 0.717) is 17.8 Å². The number of nitrogens with zero attached hydrogens (tertiary/aromatic N) is 1. The molecule has 1 aromatic carbocycles. The number of carboxylic acids is 1. The monoisotopic (exact) mass is 358 g/mol. The van der Waals surface area contributed by atoms with Crippen LogP contribution < -0.4 is 10.6 Å². The number of carbonyl (C=O) groups excluding carboxylic acids is 1. The molecule has 1 atom stereocenters. The number of hydrogen-bond donors (Lipinski definition) is 2. The van der Waals surface area contributed by atoms with Crippen LogP contribution in [0.1, 0.15) is 16.8 Å². The van der Waals surface area contributed by atoms with Crippen LogP contribution in [-0.4, -0.2) is 41.1 Å². The summed E-state index contributed by atoms with van der Waals surface area (Å²) >= 11 is 5.05. The van der Waals surface area contributed by atoms with Gasteiger partial charge in [0.15, 0.2) is 0 Å². The van der Waals surface area contributed by atoms with E-state index in [1.54, 1.807) is 17.8 Å². The lowest BCUT2D eigenvalue weighted by Gasteiger charge is -2.37. The summed E-state index contributed by atoms with van der Waals surface area (Å²) in [5.41, 5.74) is 6.56. The highest BCUT2D eigenvalue weighted by atomic mass is 79.9. The van der Waals surface area contributed by atoms with Crippen molar-refractivity contribution in [2.45, 2.75) is 12.5 Å². The molecule has 108 valence electrons. The number of thioether (sulfide) groups is 1. The van der Waals surface area contributed by atoms with Crippen LogP contribution in [0.5, 0.6) is 0 Å². The van der Waals surface area contributed by atoms with Gasteiger partial charge in [0.1, 0.15) is 0 Å². The fourth-order valence-corrected chi connectivity index (χ4v) is 3.72. The van der Waals surface area contributed by atoms with E-state index < -0.39 is 11.9 Å². The van der Waals surface area contributed by atoms with Gasteiger partial charge in [0.2, 0.25) is 0 Å². The first kappa shape index (κ1) is 15.2. The number of benzene rings is 1. The molecule has 1 aliphatic heterocycles. The quantitative estimate of drug-likeness (QED) is 0.859. The van der Waals surface area contributed by atoms with Crippen LogP contribution in [0.15, 0.2) is 22.7 Å². The molecule has 1 aliphatic rings. The largest absolute Gasteiger partial charge is 0.481 e. The number of amides is 1. The van der Waals surface area contributed by atoms with Gasteiger partial charge < -0.3 is 15.7 Å². The van der Waals surface area contributed by atoms with Crippen LogP contribution in [0.4, 0.5) is 5.69 Å². The zero-order valence-corrected chi connectivity index (χ0v) is 13.1. The molecule has 1 saturated heterocycles. The number of aliphatic carboxylic acids is 1. The van der Waals surface area contributed by atoms with Gasteiger partial charge in [-0.2, -0.15) is 11.8 Å². The second kappa shape index (κ2) is 6.49. The predicted molar refractivity (Wildman–Crippen MR) is 83.4 cm³/mol. The molecule has 0 aliphatic carbocycles. The molecule has 1 amide bonds. The summed E-state index contributed by atoms with van der Waals surface area (Å²) in [6.07, 6.45) is 0.0568. The maximum atomic E-state index is 11.6. The molecule has 1 fully saturated rings. The summed E-state index contributed by atoms with van der Waals surface area (Å²) in [5.74, 6) is 0.305. The molecule has 0 bridgehead atoms. The van der Waals surface area contributed by atoms with Crippen molar-refractivity contribution in [2.24, 2.45) is 5.73 Å². The number of carbonyl (C=O) groups is 2. The van der Waals surface area contributed by atoms with Crippen molar-refractivity contribution in [3.8, 4) is 0 Å². The van der Waals surface area contributed by atoms with Crippen molar-refractivity contribution >= 4 is 45.3 Å². The van der Waals surface area contributed by atoms with Gasteiger partial charge in [0.05, 0.1) is 12.0 Å². The SMILES string of the molecule is NC(=O)c1cc(Br)ccc1N1CCSCC1CC(=O)O. The third kappa shape index (κ3) is 3.46. The number of nitrogens with two attached hydrogens (primary N) is 1. The number of anilines is 1. The molecular weight excluding hydrogens is 344 g/mol. The molecule has 0 saturated carbocycles. The lowest BCUT2D eigenvalue weighted by molar-refractivity contribution is -0.137. The highest BCUT2D eigenvalue weighted by Crippen LogP contribution is 2.30. The molecule has 1 aromatic rings. The van der Waals surface area contributed by atoms with Crippen LogP contribution in [0.25, 0.3) is 0 Å². The Morgan fingerprint density at radius 3 is 2.90 bits per heavy atom. The molecule has 7 heteroatoms. The van der Waals surface area contributed by atoms with Crippen LogP contribution in [0, 0.1) is 0 Å². The van der Waals surface area contributed by atoms with Gasteiger partial charge in [-0.3, -0.25) is 9.59 Å². The summed E-state index contributed by atoms with van der Waals surface area (Å²) in [4.78, 5) is 24.6. The summed E-state index contributed by atoms with van der Waals surface area (Å²) in [6, 6.07) is 5.21. The Kier molecular flexibility index (Phi) is 4.93. The first-order chi connectivity index (χ1) is 9.49. The van der Waals surface area contributed by atoms with E-state index in [4.69, 9.17) is 10.8 Å². The van der Waals surface area contributed by atoms with Gasteiger partial charge >= 0.3 is 5.97 Å². The Morgan fingerprint density at radius 1 is 1.50 bits per heavy atom. The first-order valence-corrected chi connectivity index (χ1v) is 8.09. The highest BCUT2D eigenvalue weighted by molar-refractivity contribution is 9.10. The second-order valence-corrected chi connectivity index (χ2v) is 6.61. The smallest absolute Gasteiger partial charge is 0.305 e. The molecule has 0 aromatic heterocycles. The number of rotatable bonds is 4. The molecule has 5 nitrogen and oxygen atoms in total. The number of primary amides is 1. The molecule has 3 N–H and O–H groups in total. The summed E-state index contributed by atoms with van der Waals surface area (Å²) < 4.78 is 0.774. The second-order valence-electron chi connectivity index (χ2n) is 4.55. The molecule has 1 heterocycles. The van der Waals surface area contributed by atoms with Crippen LogP contribution in [0.3, 0.4) is 0 Å². The average molecular weight is 359 g/mol. The molecular formula is C13H15BrN2O3S. The topological polar surface area (TPSA) is 83.6 Å². The van der Waals surface area contributed by atoms with Crippen molar-refractivity contribution < 1.29 is 14.7 Å². The van der Waals surface area contributed by atoms with Gasteiger partial charge in [0.25, 0.3) is 5.91 Å². The van der Waals surface area contributed by atoms with Crippen molar-refractivity contribution in [3.05, 3.63) is 28.2 Å². The lowest BCUT2D eigenvalue weighted by atomic mass is 10.1. The molecule has 20 heavy (non-hydrogen) atoms. The molecule has 2 rings (SSSR count). The van der Waals surface area contributed by atoms with Crippen molar-refractivity contribution in [1.82, 2.24) is 0 Å². The summed E-state index contributed by atoms with van der Waals surface area (Å²) in [7, 11) is 0. The van der Waals surface area contributed by atoms with E-state index in [9.17, 15) is 9.59 Å². The minimum atomic E-state index is -0.833. The predicted octanol–water partition coefficient (Wildman–Crippen LogP) is 1.94. The minimum absolute atomic E-state index is 0.0568. The normalized spacial score (nSPS) is 18.9. The Bertz CT molecular complexity index is 538. The first-order valence-electron chi connectivity index (χ1n) is 6.14. The standard InChI is InChI=1S/C13H15BrN2O3S/c14-8-1-2-11(10(5-8)13(15)19)16-3-4-20-7-9(16)6-12(17)18/h1-2,5,9H,3-4,6-7H2,(H2,15,19)(H,17,18). The fourth-order valence-electron chi connectivity index (χ4n) is 2.30. The Morgan fingerprint density at radius 2 is 2.25 bits per heavy atom. The Labute approximate surface area is 129 Å². The van der Waals surface area contributed by atoms with Gasteiger partial charge in [-0.05, 0) is 18.2 Å². The van der Waals surface area contributed by atoms with E-state index in [2.05, 4.69) is 15.9 Å². The highest BCUT2D eigenvalue weighted by Gasteiger charge is 2.27. The van der Waals surface area contributed by atoms with E-state index in [-0.39, 0.29) is 12.5 Å². The van der Waals surface area contributed by atoms with E-state index in [1.807, 2.05) is 17.0 Å². The minimum Gasteiger partial charge on any atom is -0.481 e. The maximum Gasteiger partial charge on any atom is 0.305 e. The van der Waals surface area contributed by atoms with Crippen molar-refractivity contribution in [2.75, 3.05) is 23.0 Å². The van der Waals surface area contributed by atoms with Crippen molar-refractivity contribution in [1.29, 1.82) is 0 Å². The third-order valence-electron chi connectivity index (χ3n) is 3.17. The van der Waals surface area contributed by atoms with Gasteiger partial charge in [-0.15, -0.1) is 0 Å². The summed E-state index contributed by atoms with van der Waals surface area (Å²) in [6.45, 7) is 0.713. The molecule has 1 unspecified atom stereocenters. The van der Waals surface area contributed by atoms with Crippen LogP contribution in [0.2, 0.25) is 0 Å². The van der Waals surface area contributed by atoms with Gasteiger partial charge in [-0.25, -0.2) is 0 Å². The average Bonchev–Trinajstić information content (AvgIpc) is 2.39. The van der Waals surface area contributed by atoms with E-state index in [1.165, 1.54) is 0 Å². The maximum absolute atomic E-state index is 11.6. The summed E-state index contributed by atoms with van der Waals surface area (Å²) in [5, 5.41) is 9.02. The zero-order chi connectivity index (χ0) is 14.7. The Hall–Kier alpha value is -1.21. The van der Waals surface area contributed by atoms with Crippen molar-refractivity contribution in [3.63, 3.8) is 0 Å². The van der Waals surface area contributed by atoms with Gasteiger partial charge in [-0.1, -0.05) is 15.9 Å². The van der Waals surface area contributed by atoms with Crippen LogP contribution >= 0.6 is 27.7 Å².